The topological polar surface area (TPSA) is 117 Å². The van der Waals surface area contributed by atoms with Gasteiger partial charge in [0.25, 0.3) is 0 Å². The average Bonchev–Trinajstić information content (AvgIpc) is 2.83. The number of hydrogen-bond donors (Lipinski definition) is 2. The Kier molecular flexibility index (Phi) is 14.5. The number of benzene rings is 2. The molecule has 2 aromatic carbocycles. The van der Waals surface area contributed by atoms with E-state index in [-0.39, 0.29) is 0 Å². The minimum Gasteiger partial charge on any atom is -0.491 e. The summed E-state index contributed by atoms with van der Waals surface area (Å²) in [6.45, 7) is 6.09. The molecule has 0 atom stereocenters. The van der Waals surface area contributed by atoms with Crippen LogP contribution < -0.4 is 20.9 Å². The van der Waals surface area contributed by atoms with Crippen molar-refractivity contribution in [1.29, 1.82) is 0 Å². The summed E-state index contributed by atoms with van der Waals surface area (Å²) in [7, 11) is 0. The van der Waals surface area contributed by atoms with Crippen molar-refractivity contribution in [3.05, 3.63) is 48.5 Å². The van der Waals surface area contributed by atoms with Gasteiger partial charge in [-0.3, -0.25) is 0 Å². The Morgan fingerprint density at radius 2 is 0.606 bits per heavy atom. The highest BCUT2D eigenvalue weighted by atomic mass is 16.6. The van der Waals surface area contributed by atoms with E-state index in [0.29, 0.717) is 90.7 Å². The minimum absolute atomic E-state index is 0.482. The Balaban J connectivity index is 1.23. The zero-order valence-corrected chi connectivity index (χ0v) is 19.1. The number of hydrogen-bond acceptors (Lipinski definition) is 9. The molecule has 0 aliphatic carbocycles. The summed E-state index contributed by atoms with van der Waals surface area (Å²) >= 11 is 0. The van der Waals surface area contributed by atoms with Crippen LogP contribution in [-0.4, -0.2) is 79.3 Å². The largest absolute Gasteiger partial charge is 0.491 e. The van der Waals surface area contributed by atoms with Gasteiger partial charge in [-0.15, -0.1) is 0 Å². The Labute approximate surface area is 195 Å². The van der Waals surface area contributed by atoms with Crippen molar-refractivity contribution in [2.45, 2.75) is 0 Å². The molecule has 0 amide bonds. The first-order chi connectivity index (χ1) is 16.2. The molecule has 0 bridgehead atoms. The van der Waals surface area contributed by atoms with Gasteiger partial charge in [0.05, 0.1) is 66.1 Å². The monoisotopic (exact) mass is 464 g/mol. The zero-order valence-electron chi connectivity index (χ0n) is 19.1. The molecule has 0 spiro atoms. The fourth-order valence-corrected chi connectivity index (χ4v) is 2.55. The Morgan fingerprint density at radius 3 is 0.879 bits per heavy atom. The normalized spacial score (nSPS) is 10.9. The van der Waals surface area contributed by atoms with E-state index in [1.54, 1.807) is 24.3 Å². The molecule has 0 heterocycles. The van der Waals surface area contributed by atoms with Crippen molar-refractivity contribution < 1.29 is 33.2 Å². The van der Waals surface area contributed by atoms with Gasteiger partial charge in [0.2, 0.25) is 0 Å². The quantitative estimate of drug-likeness (QED) is 0.225. The molecule has 4 N–H and O–H groups in total. The third-order valence-electron chi connectivity index (χ3n) is 4.24. The maximum atomic E-state index is 5.62. The summed E-state index contributed by atoms with van der Waals surface area (Å²) in [6.07, 6.45) is 0. The fraction of sp³-hybridized carbons (Fsp3) is 0.500. The van der Waals surface area contributed by atoms with Gasteiger partial charge in [-0.25, -0.2) is 0 Å². The zero-order chi connectivity index (χ0) is 23.4. The van der Waals surface area contributed by atoms with E-state index < -0.39 is 0 Å². The molecule has 33 heavy (non-hydrogen) atoms. The van der Waals surface area contributed by atoms with Crippen LogP contribution in [0.15, 0.2) is 48.5 Å². The molecule has 2 rings (SSSR count). The maximum Gasteiger partial charge on any atom is 0.119 e. The summed E-state index contributed by atoms with van der Waals surface area (Å²) in [6, 6.07) is 14.5. The van der Waals surface area contributed by atoms with Gasteiger partial charge in [0, 0.05) is 11.4 Å². The van der Waals surface area contributed by atoms with Gasteiger partial charge in [-0.1, -0.05) is 0 Å². The van der Waals surface area contributed by atoms with Gasteiger partial charge < -0.3 is 44.6 Å². The molecule has 0 unspecified atom stereocenters. The van der Waals surface area contributed by atoms with Crippen LogP contribution in [-0.2, 0) is 23.7 Å². The van der Waals surface area contributed by atoms with E-state index in [1.165, 1.54) is 0 Å². The fourth-order valence-electron chi connectivity index (χ4n) is 2.55. The van der Waals surface area contributed by atoms with Crippen molar-refractivity contribution in [1.82, 2.24) is 0 Å². The number of anilines is 2. The number of ether oxygens (including phenoxy) is 7. The minimum atomic E-state index is 0.482. The van der Waals surface area contributed by atoms with Crippen LogP contribution in [0.2, 0.25) is 0 Å². The van der Waals surface area contributed by atoms with Crippen LogP contribution in [0.1, 0.15) is 0 Å². The molecule has 2 aromatic rings. The lowest BCUT2D eigenvalue weighted by Crippen LogP contribution is -2.15. The summed E-state index contributed by atoms with van der Waals surface area (Å²) in [5.74, 6) is 1.55. The number of nitrogens with two attached hydrogens (primary N) is 2. The van der Waals surface area contributed by atoms with Crippen LogP contribution in [0, 0.1) is 0 Å². The average molecular weight is 465 g/mol. The van der Waals surface area contributed by atoms with Gasteiger partial charge in [-0.2, -0.15) is 0 Å². The van der Waals surface area contributed by atoms with Gasteiger partial charge >= 0.3 is 0 Å². The summed E-state index contributed by atoms with van der Waals surface area (Å²) in [5.41, 5.74) is 12.7. The lowest BCUT2D eigenvalue weighted by molar-refractivity contribution is -0.0141. The van der Waals surface area contributed by atoms with Crippen molar-refractivity contribution >= 4 is 11.4 Å². The second-order valence-corrected chi connectivity index (χ2v) is 6.90. The standard InChI is InChI=1S/C24H36N2O7/c25-21-1-5-23(6-2-21)32-19-17-30-15-13-28-11-9-27-10-12-29-14-16-31-18-20-33-24-7-3-22(26)4-8-24/h1-8H,9-20,25-26H2. The molecule has 9 nitrogen and oxygen atoms in total. The molecule has 0 fully saturated rings. The highest BCUT2D eigenvalue weighted by Crippen LogP contribution is 2.13. The van der Waals surface area contributed by atoms with E-state index >= 15 is 0 Å². The highest BCUT2D eigenvalue weighted by Gasteiger charge is 1.96. The van der Waals surface area contributed by atoms with Crippen molar-refractivity contribution in [2.24, 2.45) is 0 Å². The van der Waals surface area contributed by atoms with E-state index in [9.17, 15) is 0 Å². The molecule has 0 aliphatic heterocycles. The molecule has 9 heteroatoms. The third kappa shape index (κ3) is 14.3. The van der Waals surface area contributed by atoms with Crippen molar-refractivity contribution in [3.8, 4) is 11.5 Å². The predicted molar refractivity (Wildman–Crippen MR) is 127 cm³/mol. The highest BCUT2D eigenvalue weighted by molar-refractivity contribution is 5.42. The lowest BCUT2D eigenvalue weighted by Gasteiger charge is -2.09. The van der Waals surface area contributed by atoms with E-state index in [4.69, 9.17) is 44.6 Å². The molecule has 0 aliphatic rings. The molecular weight excluding hydrogens is 428 g/mol. The van der Waals surface area contributed by atoms with Crippen LogP contribution in [0.3, 0.4) is 0 Å². The maximum absolute atomic E-state index is 5.62. The molecule has 0 saturated heterocycles. The molecule has 184 valence electrons. The molecule has 0 aromatic heterocycles. The SMILES string of the molecule is Nc1ccc(OCCOCCOCCOCCOCCOCCOc2ccc(N)cc2)cc1. The van der Waals surface area contributed by atoms with E-state index in [0.717, 1.165) is 11.5 Å². The number of nitrogen functional groups attached to an aromatic ring is 2. The Hall–Kier alpha value is -2.56. The Morgan fingerprint density at radius 1 is 0.364 bits per heavy atom. The van der Waals surface area contributed by atoms with Gasteiger partial charge in [-0.05, 0) is 48.5 Å². The van der Waals surface area contributed by atoms with Crippen LogP contribution >= 0.6 is 0 Å². The first kappa shape index (κ1) is 26.7. The van der Waals surface area contributed by atoms with Crippen LogP contribution in [0.25, 0.3) is 0 Å². The van der Waals surface area contributed by atoms with Gasteiger partial charge in [0.15, 0.2) is 0 Å². The van der Waals surface area contributed by atoms with Gasteiger partial charge in [0.1, 0.15) is 24.7 Å². The first-order valence-electron chi connectivity index (χ1n) is 11.1. The summed E-state index contributed by atoms with van der Waals surface area (Å²) in [5, 5.41) is 0. The summed E-state index contributed by atoms with van der Waals surface area (Å²) < 4.78 is 38.3. The van der Waals surface area contributed by atoms with Crippen LogP contribution in [0.4, 0.5) is 11.4 Å². The predicted octanol–water partition coefficient (Wildman–Crippen LogP) is 2.39. The van der Waals surface area contributed by atoms with Crippen LogP contribution in [0.5, 0.6) is 11.5 Å². The third-order valence-corrected chi connectivity index (χ3v) is 4.24. The molecular formula is C24H36N2O7. The molecule has 0 saturated carbocycles. The van der Waals surface area contributed by atoms with Crippen molar-refractivity contribution in [3.63, 3.8) is 0 Å². The number of rotatable bonds is 20. The molecule has 0 radical (unpaired) electrons. The summed E-state index contributed by atoms with van der Waals surface area (Å²) in [4.78, 5) is 0. The second kappa shape index (κ2) is 17.9. The second-order valence-electron chi connectivity index (χ2n) is 6.90. The Bertz CT molecular complexity index is 652. The van der Waals surface area contributed by atoms with E-state index in [2.05, 4.69) is 0 Å². The lowest BCUT2D eigenvalue weighted by atomic mass is 10.3. The van der Waals surface area contributed by atoms with E-state index in [1.807, 2.05) is 24.3 Å². The smallest absolute Gasteiger partial charge is 0.119 e. The van der Waals surface area contributed by atoms with Crippen molar-refractivity contribution in [2.75, 3.05) is 90.7 Å². The first-order valence-corrected chi connectivity index (χ1v) is 11.1.